The van der Waals surface area contributed by atoms with Crippen LogP contribution in [0.3, 0.4) is 0 Å². The molecule has 2 aromatic carbocycles. The Balaban J connectivity index is 2.42. The van der Waals surface area contributed by atoms with Crippen LogP contribution in [0.5, 0.6) is 17.2 Å². The molecule has 2 rings (SSSR count). The normalized spacial score (nSPS) is 9.83. The van der Waals surface area contributed by atoms with Crippen molar-refractivity contribution in [1.29, 1.82) is 5.26 Å². The van der Waals surface area contributed by atoms with E-state index in [4.69, 9.17) is 10.00 Å². The Kier molecular flexibility index (Phi) is 3.11. The van der Waals surface area contributed by atoms with E-state index in [0.717, 1.165) is 12.1 Å². The summed E-state index contributed by atoms with van der Waals surface area (Å²) >= 11 is 0. The van der Waals surface area contributed by atoms with Gasteiger partial charge in [0, 0.05) is 0 Å². The maximum atomic E-state index is 13.5. The molecule has 0 aromatic heterocycles. The summed E-state index contributed by atoms with van der Waals surface area (Å²) in [7, 11) is 0. The quantitative estimate of drug-likeness (QED) is 0.885. The van der Waals surface area contributed by atoms with Gasteiger partial charge < -0.3 is 9.84 Å². The summed E-state index contributed by atoms with van der Waals surface area (Å²) in [6, 6.07) is 9.14. The third-order valence-electron chi connectivity index (χ3n) is 2.20. The second-order valence-electron chi connectivity index (χ2n) is 3.45. The van der Waals surface area contributed by atoms with E-state index in [2.05, 4.69) is 0 Å². The number of halogens is 2. The van der Waals surface area contributed by atoms with Crippen molar-refractivity contribution >= 4 is 0 Å². The summed E-state index contributed by atoms with van der Waals surface area (Å²) in [6.45, 7) is 0. The molecular weight excluding hydrogens is 240 g/mol. The van der Waals surface area contributed by atoms with Gasteiger partial charge >= 0.3 is 0 Å². The van der Waals surface area contributed by atoms with Crippen molar-refractivity contribution in [3.63, 3.8) is 0 Å². The summed E-state index contributed by atoms with van der Waals surface area (Å²) < 4.78 is 32.0. The molecule has 5 heteroatoms. The topological polar surface area (TPSA) is 53.2 Å². The van der Waals surface area contributed by atoms with E-state index in [1.165, 1.54) is 12.1 Å². The van der Waals surface area contributed by atoms with Gasteiger partial charge in [0.2, 0.25) is 0 Å². The predicted molar refractivity (Wildman–Crippen MR) is 59.3 cm³/mol. The lowest BCUT2D eigenvalue weighted by molar-refractivity contribution is 0.376. The maximum absolute atomic E-state index is 13.5. The molecule has 0 radical (unpaired) electrons. The van der Waals surface area contributed by atoms with E-state index in [0.29, 0.717) is 0 Å². The molecule has 18 heavy (non-hydrogen) atoms. The highest BCUT2D eigenvalue weighted by molar-refractivity contribution is 5.44. The van der Waals surface area contributed by atoms with Crippen LogP contribution in [0.4, 0.5) is 8.78 Å². The Morgan fingerprint density at radius 2 is 1.72 bits per heavy atom. The lowest BCUT2D eigenvalue weighted by Gasteiger charge is -2.09. The van der Waals surface area contributed by atoms with Gasteiger partial charge in [-0.15, -0.1) is 0 Å². The Hall–Kier alpha value is -2.61. The van der Waals surface area contributed by atoms with E-state index < -0.39 is 17.4 Å². The van der Waals surface area contributed by atoms with Crippen LogP contribution in [0.2, 0.25) is 0 Å². The predicted octanol–water partition coefficient (Wildman–Crippen LogP) is 3.33. The molecule has 1 N–H and O–H groups in total. The fourth-order valence-corrected chi connectivity index (χ4v) is 1.38. The summed E-state index contributed by atoms with van der Waals surface area (Å²) in [6.07, 6.45) is 0. The van der Waals surface area contributed by atoms with Gasteiger partial charge in [-0.3, -0.25) is 0 Å². The minimum Gasteiger partial charge on any atom is -0.504 e. The highest BCUT2D eigenvalue weighted by Crippen LogP contribution is 2.33. The van der Waals surface area contributed by atoms with Crippen LogP contribution < -0.4 is 4.74 Å². The Morgan fingerprint density at radius 1 is 1.11 bits per heavy atom. The standard InChI is InChI=1S/C13H7F2NO2/c14-9-5-8(7-16)6-10(15)13(9)18-12-4-2-1-3-11(12)17/h1-6,17H. The van der Waals surface area contributed by atoms with Crippen LogP contribution in [-0.2, 0) is 0 Å². The number of nitrogens with zero attached hydrogens (tertiary/aromatic N) is 1. The van der Waals surface area contributed by atoms with Gasteiger partial charge in [-0.25, -0.2) is 8.78 Å². The largest absolute Gasteiger partial charge is 0.504 e. The molecule has 0 spiro atoms. The maximum Gasteiger partial charge on any atom is 0.198 e. The third-order valence-corrected chi connectivity index (χ3v) is 2.20. The van der Waals surface area contributed by atoms with E-state index in [1.807, 2.05) is 0 Å². The zero-order valence-corrected chi connectivity index (χ0v) is 9.02. The number of rotatable bonds is 2. The first-order valence-corrected chi connectivity index (χ1v) is 4.97. The molecule has 0 amide bonds. The van der Waals surface area contributed by atoms with Gasteiger partial charge in [-0.2, -0.15) is 5.26 Å². The highest BCUT2D eigenvalue weighted by Gasteiger charge is 2.15. The number of hydrogen-bond acceptors (Lipinski definition) is 3. The fourth-order valence-electron chi connectivity index (χ4n) is 1.38. The lowest BCUT2D eigenvalue weighted by Crippen LogP contribution is -1.94. The summed E-state index contributed by atoms with van der Waals surface area (Å²) in [5, 5.41) is 18.0. The Morgan fingerprint density at radius 3 is 2.28 bits per heavy atom. The van der Waals surface area contributed by atoms with Crippen molar-refractivity contribution in [3.05, 3.63) is 53.6 Å². The van der Waals surface area contributed by atoms with Crippen molar-refractivity contribution in [3.8, 4) is 23.3 Å². The molecule has 2 aromatic rings. The van der Waals surface area contributed by atoms with Crippen molar-refractivity contribution in [2.24, 2.45) is 0 Å². The van der Waals surface area contributed by atoms with Gasteiger partial charge in [-0.1, -0.05) is 12.1 Å². The number of para-hydroxylation sites is 2. The van der Waals surface area contributed by atoms with Crippen molar-refractivity contribution in [2.45, 2.75) is 0 Å². The fraction of sp³-hybridized carbons (Fsp3) is 0. The van der Waals surface area contributed by atoms with E-state index in [-0.39, 0.29) is 17.1 Å². The van der Waals surface area contributed by atoms with Gasteiger partial charge in [0.25, 0.3) is 0 Å². The molecule has 0 saturated heterocycles. The molecule has 0 saturated carbocycles. The highest BCUT2D eigenvalue weighted by atomic mass is 19.1. The summed E-state index contributed by atoms with van der Waals surface area (Å²) in [5.41, 5.74) is -0.144. The van der Waals surface area contributed by atoms with Crippen LogP contribution in [0.25, 0.3) is 0 Å². The summed E-state index contributed by atoms with van der Waals surface area (Å²) in [5.74, 6) is -2.97. The number of phenolic OH excluding ortho intramolecular Hbond substituents is 1. The first-order valence-electron chi connectivity index (χ1n) is 4.97. The number of hydrogen-bond donors (Lipinski definition) is 1. The molecule has 0 bridgehead atoms. The zero-order valence-electron chi connectivity index (χ0n) is 9.02. The summed E-state index contributed by atoms with van der Waals surface area (Å²) in [4.78, 5) is 0. The van der Waals surface area contributed by atoms with E-state index in [9.17, 15) is 13.9 Å². The van der Waals surface area contributed by atoms with Crippen molar-refractivity contribution in [2.75, 3.05) is 0 Å². The average molecular weight is 247 g/mol. The van der Waals surface area contributed by atoms with Crippen LogP contribution >= 0.6 is 0 Å². The minimum absolute atomic E-state index is 0.0694. The van der Waals surface area contributed by atoms with Gasteiger partial charge in [0.1, 0.15) is 0 Å². The number of phenols is 1. The van der Waals surface area contributed by atoms with Crippen molar-refractivity contribution < 1.29 is 18.6 Å². The van der Waals surface area contributed by atoms with Gasteiger partial charge in [0.15, 0.2) is 28.9 Å². The Bertz CT molecular complexity index is 612. The number of benzene rings is 2. The van der Waals surface area contributed by atoms with E-state index >= 15 is 0 Å². The third kappa shape index (κ3) is 2.23. The SMILES string of the molecule is N#Cc1cc(F)c(Oc2ccccc2O)c(F)c1. The van der Waals surface area contributed by atoms with E-state index in [1.54, 1.807) is 18.2 Å². The van der Waals surface area contributed by atoms with Crippen LogP contribution in [0.1, 0.15) is 5.56 Å². The van der Waals surface area contributed by atoms with Crippen LogP contribution in [-0.4, -0.2) is 5.11 Å². The molecule has 0 unspecified atom stereocenters. The molecule has 3 nitrogen and oxygen atoms in total. The number of ether oxygens (including phenoxy) is 1. The molecule has 0 aliphatic carbocycles. The molecular formula is C13H7F2NO2. The number of aromatic hydroxyl groups is 1. The second-order valence-corrected chi connectivity index (χ2v) is 3.45. The molecule has 0 atom stereocenters. The smallest absolute Gasteiger partial charge is 0.198 e. The first kappa shape index (κ1) is 11.9. The second kappa shape index (κ2) is 4.72. The van der Waals surface area contributed by atoms with Crippen LogP contribution in [0.15, 0.2) is 36.4 Å². The first-order chi connectivity index (χ1) is 8.61. The lowest BCUT2D eigenvalue weighted by atomic mass is 10.2. The van der Waals surface area contributed by atoms with Gasteiger partial charge in [-0.05, 0) is 24.3 Å². The minimum atomic E-state index is -1.00. The van der Waals surface area contributed by atoms with Crippen molar-refractivity contribution in [1.82, 2.24) is 0 Å². The molecule has 0 aliphatic heterocycles. The molecule has 0 fully saturated rings. The monoisotopic (exact) mass is 247 g/mol. The van der Waals surface area contributed by atoms with Crippen LogP contribution in [0, 0.1) is 23.0 Å². The average Bonchev–Trinajstić information content (AvgIpc) is 2.35. The molecule has 0 heterocycles. The van der Waals surface area contributed by atoms with Gasteiger partial charge in [0.05, 0.1) is 11.6 Å². The molecule has 0 aliphatic rings. The number of nitriles is 1. The molecule has 90 valence electrons. The zero-order chi connectivity index (χ0) is 13.1. The Labute approximate surface area is 101 Å².